The van der Waals surface area contributed by atoms with Crippen LogP contribution in [0.4, 0.5) is 5.69 Å². The summed E-state index contributed by atoms with van der Waals surface area (Å²) in [4.78, 5) is 13.5. The van der Waals surface area contributed by atoms with Crippen LogP contribution in [-0.4, -0.2) is 18.3 Å². The van der Waals surface area contributed by atoms with Crippen molar-refractivity contribution >= 4 is 27.4 Å². The van der Waals surface area contributed by atoms with Gasteiger partial charge in [-0.1, -0.05) is 17.7 Å². The third kappa shape index (κ3) is 3.47. The van der Waals surface area contributed by atoms with Gasteiger partial charge in [0, 0.05) is 6.07 Å². The van der Waals surface area contributed by atoms with E-state index in [-0.39, 0.29) is 21.5 Å². The quantitative estimate of drug-likeness (QED) is 0.370. The molecule has 1 aromatic heterocycles. The van der Waals surface area contributed by atoms with Gasteiger partial charge in [0.15, 0.2) is 0 Å². The third-order valence-corrected chi connectivity index (χ3v) is 4.12. The molecular formula is C12H9ClN2O5S. The van der Waals surface area contributed by atoms with Crippen molar-refractivity contribution in [3.05, 3.63) is 57.4 Å². The fraction of sp³-hybridized carbons (Fsp3) is 0.0833. The second kappa shape index (κ2) is 5.66. The molecule has 0 unspecified atom stereocenters. The van der Waals surface area contributed by atoms with Gasteiger partial charge >= 0.3 is 10.1 Å². The van der Waals surface area contributed by atoms with Crippen LogP contribution >= 0.6 is 11.6 Å². The lowest BCUT2D eigenvalue weighted by atomic mass is 10.3. The number of non-ortho nitro benzene ring substituents is 1. The number of aryl methyl sites for hydroxylation is 1. The van der Waals surface area contributed by atoms with Crippen molar-refractivity contribution in [2.45, 2.75) is 11.8 Å². The molecular weight excluding hydrogens is 320 g/mol. The van der Waals surface area contributed by atoms with E-state index in [0.717, 1.165) is 12.3 Å². The topological polar surface area (TPSA) is 99.4 Å². The fourth-order valence-corrected chi connectivity index (χ4v) is 2.55. The molecule has 0 spiro atoms. The summed E-state index contributed by atoms with van der Waals surface area (Å²) in [6.07, 6.45) is 1.06. The molecule has 1 heterocycles. The first-order valence-electron chi connectivity index (χ1n) is 5.61. The van der Waals surface area contributed by atoms with Gasteiger partial charge in [-0.3, -0.25) is 10.1 Å². The molecule has 2 rings (SSSR count). The molecule has 0 saturated carbocycles. The average Bonchev–Trinajstić information content (AvgIpc) is 2.41. The second-order valence-corrected chi connectivity index (χ2v) is 5.97. The van der Waals surface area contributed by atoms with Crippen molar-refractivity contribution in [1.82, 2.24) is 4.98 Å². The van der Waals surface area contributed by atoms with Crippen molar-refractivity contribution in [2.24, 2.45) is 0 Å². The molecule has 7 nitrogen and oxygen atoms in total. The number of nitrogens with zero attached hydrogens (tertiary/aromatic N) is 2. The largest absolute Gasteiger partial charge is 0.379 e. The van der Waals surface area contributed by atoms with E-state index >= 15 is 0 Å². The first-order valence-corrected chi connectivity index (χ1v) is 7.39. The van der Waals surface area contributed by atoms with Crippen LogP contribution in [0.3, 0.4) is 0 Å². The van der Waals surface area contributed by atoms with Gasteiger partial charge in [-0.2, -0.15) is 8.42 Å². The molecule has 0 amide bonds. The molecule has 0 radical (unpaired) electrons. The number of pyridine rings is 1. The minimum atomic E-state index is -4.14. The third-order valence-electron chi connectivity index (χ3n) is 2.51. The SMILES string of the molecule is Cc1cc(S(=O)(=O)Oc2cccc([N+](=O)[O-])c2)cnc1Cl. The number of halogens is 1. The Kier molecular flexibility index (Phi) is 4.10. The normalized spacial score (nSPS) is 11.1. The van der Waals surface area contributed by atoms with Crippen LogP contribution in [0.15, 0.2) is 41.4 Å². The van der Waals surface area contributed by atoms with E-state index in [4.69, 9.17) is 15.8 Å². The van der Waals surface area contributed by atoms with Crippen LogP contribution < -0.4 is 4.18 Å². The number of benzene rings is 1. The van der Waals surface area contributed by atoms with E-state index in [1.54, 1.807) is 6.92 Å². The highest BCUT2D eigenvalue weighted by molar-refractivity contribution is 7.87. The predicted octanol–water partition coefficient (Wildman–Crippen LogP) is 2.72. The van der Waals surface area contributed by atoms with Gasteiger partial charge in [-0.25, -0.2) is 4.98 Å². The van der Waals surface area contributed by atoms with E-state index in [1.807, 2.05) is 0 Å². The number of rotatable bonds is 4. The zero-order chi connectivity index (χ0) is 15.6. The Bertz CT molecular complexity index is 807. The molecule has 0 aliphatic carbocycles. The molecule has 9 heteroatoms. The first-order chi connectivity index (χ1) is 9.79. The van der Waals surface area contributed by atoms with Crippen LogP contribution in [0.1, 0.15) is 5.56 Å². The second-order valence-electron chi connectivity index (χ2n) is 4.07. The van der Waals surface area contributed by atoms with Gasteiger partial charge in [-0.05, 0) is 24.6 Å². The molecule has 0 aliphatic heterocycles. The lowest BCUT2D eigenvalue weighted by molar-refractivity contribution is -0.384. The molecule has 1 aromatic carbocycles. The number of aromatic nitrogens is 1. The van der Waals surface area contributed by atoms with Crippen molar-refractivity contribution in [2.75, 3.05) is 0 Å². The van der Waals surface area contributed by atoms with Gasteiger partial charge in [0.2, 0.25) is 0 Å². The van der Waals surface area contributed by atoms with Gasteiger partial charge < -0.3 is 4.18 Å². The summed E-state index contributed by atoms with van der Waals surface area (Å²) >= 11 is 5.72. The highest BCUT2D eigenvalue weighted by Crippen LogP contribution is 2.24. The number of nitro groups is 1. The minimum absolute atomic E-state index is 0.156. The zero-order valence-corrected chi connectivity index (χ0v) is 12.3. The minimum Gasteiger partial charge on any atom is -0.379 e. The van der Waals surface area contributed by atoms with Crippen molar-refractivity contribution < 1.29 is 17.5 Å². The maximum atomic E-state index is 12.1. The summed E-state index contributed by atoms with van der Waals surface area (Å²) in [5.74, 6) is -0.156. The number of hydrogen-bond acceptors (Lipinski definition) is 6. The summed E-state index contributed by atoms with van der Waals surface area (Å²) in [7, 11) is -4.14. The number of hydrogen-bond donors (Lipinski definition) is 0. The van der Waals surface area contributed by atoms with Crippen molar-refractivity contribution in [1.29, 1.82) is 0 Å². The van der Waals surface area contributed by atoms with Gasteiger partial charge in [-0.15, -0.1) is 0 Å². The first kappa shape index (κ1) is 15.2. The Balaban J connectivity index is 2.35. The van der Waals surface area contributed by atoms with Crippen molar-refractivity contribution in [3.63, 3.8) is 0 Å². The predicted molar refractivity (Wildman–Crippen MR) is 74.9 cm³/mol. The van der Waals surface area contributed by atoms with E-state index < -0.39 is 15.0 Å². The Morgan fingerprint density at radius 2 is 2.05 bits per heavy atom. The number of nitro benzene ring substituents is 1. The lowest BCUT2D eigenvalue weighted by Gasteiger charge is -2.07. The summed E-state index contributed by atoms with van der Waals surface area (Å²) < 4.78 is 29.0. The van der Waals surface area contributed by atoms with Crippen LogP contribution in [0.25, 0.3) is 0 Å². The maximum Gasteiger partial charge on any atom is 0.340 e. The molecule has 21 heavy (non-hydrogen) atoms. The summed E-state index contributed by atoms with van der Waals surface area (Å²) in [6, 6.07) is 6.19. The molecule has 0 atom stereocenters. The molecule has 0 bridgehead atoms. The summed E-state index contributed by atoms with van der Waals surface area (Å²) in [6.45, 7) is 1.60. The molecule has 2 aromatic rings. The molecule has 0 saturated heterocycles. The summed E-state index contributed by atoms with van der Waals surface area (Å²) in [5, 5.41) is 10.8. The van der Waals surface area contributed by atoms with Crippen molar-refractivity contribution in [3.8, 4) is 5.75 Å². The molecule has 110 valence electrons. The highest BCUT2D eigenvalue weighted by atomic mass is 35.5. The van der Waals surface area contributed by atoms with E-state index in [1.165, 1.54) is 24.3 Å². The van der Waals surface area contributed by atoms with Gasteiger partial charge in [0.1, 0.15) is 15.8 Å². The monoisotopic (exact) mass is 328 g/mol. The smallest absolute Gasteiger partial charge is 0.340 e. The standard InChI is InChI=1S/C12H9ClN2O5S/c1-8-5-11(7-14-12(8)13)21(18,19)20-10-4-2-3-9(6-10)15(16)17/h2-7H,1H3. The Hall–Kier alpha value is -2.19. The fourth-order valence-electron chi connectivity index (χ4n) is 1.49. The van der Waals surface area contributed by atoms with E-state index in [9.17, 15) is 18.5 Å². The highest BCUT2D eigenvalue weighted by Gasteiger charge is 2.19. The molecule has 0 fully saturated rings. The van der Waals surface area contributed by atoms with Gasteiger partial charge in [0.05, 0.1) is 17.2 Å². The van der Waals surface area contributed by atoms with Gasteiger partial charge in [0.25, 0.3) is 5.69 Å². The zero-order valence-electron chi connectivity index (χ0n) is 10.7. The molecule has 0 N–H and O–H groups in total. The Labute approximate surface area is 125 Å². The Morgan fingerprint density at radius 1 is 1.33 bits per heavy atom. The van der Waals surface area contributed by atoms with Crippen LogP contribution in [0.2, 0.25) is 5.15 Å². The molecule has 0 aliphatic rings. The van der Waals surface area contributed by atoms with E-state index in [0.29, 0.717) is 5.56 Å². The average molecular weight is 329 g/mol. The summed E-state index contributed by atoms with van der Waals surface area (Å²) in [5.41, 5.74) is 0.202. The van der Waals surface area contributed by atoms with Crippen LogP contribution in [-0.2, 0) is 10.1 Å². The lowest BCUT2D eigenvalue weighted by Crippen LogP contribution is -2.10. The van der Waals surface area contributed by atoms with Crippen LogP contribution in [0, 0.1) is 17.0 Å². The van der Waals surface area contributed by atoms with Crippen LogP contribution in [0.5, 0.6) is 5.75 Å². The Morgan fingerprint density at radius 3 is 2.67 bits per heavy atom. The van der Waals surface area contributed by atoms with E-state index in [2.05, 4.69) is 4.98 Å². The maximum absolute atomic E-state index is 12.1.